The van der Waals surface area contributed by atoms with Crippen molar-refractivity contribution >= 4 is 11.3 Å². The Hall–Kier alpha value is -0.450. The van der Waals surface area contributed by atoms with Gasteiger partial charge in [0.2, 0.25) is 0 Å². The molecule has 1 fully saturated rings. The summed E-state index contributed by atoms with van der Waals surface area (Å²) in [6, 6.07) is 0. The summed E-state index contributed by atoms with van der Waals surface area (Å²) in [7, 11) is 2.21. The third kappa shape index (κ3) is 2.46. The van der Waals surface area contributed by atoms with E-state index < -0.39 is 0 Å². The van der Waals surface area contributed by atoms with Crippen LogP contribution in [-0.4, -0.2) is 29.0 Å². The van der Waals surface area contributed by atoms with Crippen molar-refractivity contribution in [2.75, 3.05) is 13.6 Å². The minimum absolute atomic E-state index is 0.228. The average molecular weight is 267 g/mol. The second-order valence-corrected chi connectivity index (χ2v) is 7.00. The molecule has 1 aromatic rings. The summed E-state index contributed by atoms with van der Waals surface area (Å²) in [5.41, 5.74) is 9.37. The molecule has 1 heterocycles. The second kappa shape index (κ2) is 5.27. The van der Waals surface area contributed by atoms with Crippen molar-refractivity contribution in [2.45, 2.75) is 45.7 Å². The van der Waals surface area contributed by atoms with Gasteiger partial charge >= 0.3 is 0 Å². The van der Waals surface area contributed by atoms with Crippen LogP contribution in [0, 0.1) is 18.8 Å². The Balaban J connectivity index is 2.00. The number of hydrogen-bond acceptors (Lipinski definition) is 4. The van der Waals surface area contributed by atoms with E-state index in [1.165, 1.54) is 23.4 Å². The maximum absolute atomic E-state index is 6.05. The van der Waals surface area contributed by atoms with Gasteiger partial charge in [-0.25, -0.2) is 4.98 Å². The van der Waals surface area contributed by atoms with Gasteiger partial charge in [-0.15, -0.1) is 11.3 Å². The van der Waals surface area contributed by atoms with Crippen molar-refractivity contribution < 1.29 is 0 Å². The third-order valence-electron chi connectivity index (χ3n) is 4.64. The van der Waals surface area contributed by atoms with E-state index in [4.69, 9.17) is 5.73 Å². The van der Waals surface area contributed by atoms with E-state index in [9.17, 15) is 0 Å². The first kappa shape index (κ1) is 14.0. The number of nitrogens with zero attached hydrogens (tertiary/aromatic N) is 2. The third-order valence-corrected chi connectivity index (χ3v) is 5.56. The molecule has 0 unspecified atom stereocenters. The Morgan fingerprint density at radius 2 is 2.22 bits per heavy atom. The fourth-order valence-electron chi connectivity index (χ4n) is 2.88. The minimum Gasteiger partial charge on any atom is -0.329 e. The van der Waals surface area contributed by atoms with Gasteiger partial charge in [-0.2, -0.15) is 0 Å². The lowest BCUT2D eigenvalue weighted by Crippen LogP contribution is -2.60. The molecule has 0 amide bonds. The molecular formula is C14H25N3S. The molecule has 0 atom stereocenters. The van der Waals surface area contributed by atoms with Crippen LogP contribution in [0.5, 0.6) is 0 Å². The lowest BCUT2D eigenvalue weighted by molar-refractivity contribution is -0.0240. The molecular weight excluding hydrogens is 242 g/mol. The highest BCUT2D eigenvalue weighted by molar-refractivity contribution is 7.09. The van der Waals surface area contributed by atoms with Gasteiger partial charge in [0.1, 0.15) is 0 Å². The van der Waals surface area contributed by atoms with E-state index in [0.29, 0.717) is 0 Å². The summed E-state index contributed by atoms with van der Waals surface area (Å²) >= 11 is 1.75. The first-order valence-corrected chi connectivity index (χ1v) is 7.67. The van der Waals surface area contributed by atoms with Crippen LogP contribution in [0.1, 0.15) is 37.3 Å². The van der Waals surface area contributed by atoms with Gasteiger partial charge in [-0.05, 0) is 38.6 Å². The van der Waals surface area contributed by atoms with E-state index >= 15 is 0 Å². The van der Waals surface area contributed by atoms with E-state index in [2.05, 4.69) is 37.7 Å². The number of hydrogen-bond donors (Lipinski definition) is 1. The Kier molecular flexibility index (Phi) is 4.09. The summed E-state index contributed by atoms with van der Waals surface area (Å²) in [6.45, 7) is 8.48. The summed E-state index contributed by atoms with van der Waals surface area (Å²) in [6.07, 6.45) is 2.49. The minimum atomic E-state index is 0.228. The van der Waals surface area contributed by atoms with E-state index in [0.717, 1.165) is 24.9 Å². The van der Waals surface area contributed by atoms with E-state index in [-0.39, 0.29) is 5.54 Å². The number of thiazole rings is 1. The number of rotatable bonds is 5. The molecule has 2 N–H and O–H groups in total. The lowest BCUT2D eigenvalue weighted by atomic mass is 9.63. The Labute approximate surface area is 114 Å². The molecule has 1 aliphatic rings. The van der Waals surface area contributed by atoms with Crippen LogP contribution < -0.4 is 5.73 Å². The molecule has 0 bridgehead atoms. The molecule has 4 heteroatoms. The topological polar surface area (TPSA) is 42.2 Å². The lowest BCUT2D eigenvalue weighted by Gasteiger charge is -2.54. The predicted molar refractivity (Wildman–Crippen MR) is 77.7 cm³/mol. The van der Waals surface area contributed by atoms with E-state index in [1.807, 2.05) is 5.51 Å². The number of aromatic nitrogens is 1. The highest BCUT2D eigenvalue weighted by atomic mass is 32.1. The van der Waals surface area contributed by atoms with Crippen LogP contribution in [-0.2, 0) is 6.54 Å². The van der Waals surface area contributed by atoms with Gasteiger partial charge in [0.05, 0.1) is 11.2 Å². The van der Waals surface area contributed by atoms with Gasteiger partial charge in [0.25, 0.3) is 0 Å². The molecule has 0 aromatic carbocycles. The highest BCUT2D eigenvalue weighted by Gasteiger charge is 2.46. The van der Waals surface area contributed by atoms with E-state index in [1.54, 1.807) is 11.3 Å². The van der Waals surface area contributed by atoms with Crippen molar-refractivity contribution in [2.24, 2.45) is 17.6 Å². The van der Waals surface area contributed by atoms with Gasteiger partial charge < -0.3 is 5.73 Å². The van der Waals surface area contributed by atoms with Gasteiger partial charge in [0.15, 0.2) is 0 Å². The van der Waals surface area contributed by atoms with Crippen molar-refractivity contribution in [1.82, 2.24) is 9.88 Å². The molecule has 2 rings (SSSR count). The fraction of sp³-hybridized carbons (Fsp3) is 0.786. The fourth-order valence-corrected chi connectivity index (χ4v) is 3.71. The van der Waals surface area contributed by atoms with Crippen molar-refractivity contribution in [3.05, 3.63) is 16.1 Å². The molecule has 1 aliphatic carbocycles. The van der Waals surface area contributed by atoms with Gasteiger partial charge in [-0.3, -0.25) is 4.90 Å². The molecule has 3 nitrogen and oxygen atoms in total. The molecule has 0 radical (unpaired) electrons. The normalized spacial score (nSPS) is 27.8. The monoisotopic (exact) mass is 267 g/mol. The number of aryl methyl sites for hydroxylation is 1. The maximum Gasteiger partial charge on any atom is 0.0798 e. The first-order chi connectivity index (χ1) is 8.48. The highest BCUT2D eigenvalue weighted by Crippen LogP contribution is 2.45. The molecule has 18 heavy (non-hydrogen) atoms. The second-order valence-electron chi connectivity index (χ2n) is 6.06. The Morgan fingerprint density at radius 1 is 1.56 bits per heavy atom. The van der Waals surface area contributed by atoms with Crippen molar-refractivity contribution in [3.8, 4) is 0 Å². The summed E-state index contributed by atoms with van der Waals surface area (Å²) in [4.78, 5) is 8.15. The molecule has 1 saturated carbocycles. The van der Waals surface area contributed by atoms with Crippen LogP contribution in [0.3, 0.4) is 0 Å². The smallest absolute Gasteiger partial charge is 0.0798 e. The molecule has 0 aliphatic heterocycles. The van der Waals surface area contributed by atoms with Crippen LogP contribution in [0.2, 0.25) is 0 Å². The standard InChI is InChI=1S/C14H25N3S/c1-10(2)12-5-14(6-12,8-15)17(4)7-13-11(3)16-9-18-13/h9-10,12H,5-8,15H2,1-4H3. The van der Waals surface area contributed by atoms with Gasteiger partial charge in [0, 0.05) is 23.5 Å². The first-order valence-electron chi connectivity index (χ1n) is 6.79. The van der Waals surface area contributed by atoms with Crippen LogP contribution in [0.15, 0.2) is 5.51 Å². The summed E-state index contributed by atoms with van der Waals surface area (Å²) in [5, 5.41) is 0. The number of likely N-dealkylation sites (N-methyl/N-ethyl adjacent to an activating group) is 1. The largest absolute Gasteiger partial charge is 0.329 e. The molecule has 102 valence electrons. The molecule has 0 spiro atoms. The molecule has 1 aromatic heterocycles. The Morgan fingerprint density at radius 3 is 2.67 bits per heavy atom. The summed E-state index contributed by atoms with van der Waals surface area (Å²) in [5.74, 6) is 1.63. The summed E-state index contributed by atoms with van der Waals surface area (Å²) < 4.78 is 0. The Bertz CT molecular complexity index is 393. The van der Waals surface area contributed by atoms with Gasteiger partial charge in [-0.1, -0.05) is 13.8 Å². The maximum atomic E-state index is 6.05. The molecule has 0 saturated heterocycles. The van der Waals surface area contributed by atoms with Crippen molar-refractivity contribution in [3.63, 3.8) is 0 Å². The zero-order valence-corrected chi connectivity index (χ0v) is 12.8. The number of nitrogens with two attached hydrogens (primary N) is 1. The van der Waals surface area contributed by atoms with Crippen LogP contribution in [0.25, 0.3) is 0 Å². The quantitative estimate of drug-likeness (QED) is 0.892. The average Bonchev–Trinajstić information content (AvgIpc) is 2.63. The SMILES string of the molecule is Cc1ncsc1CN(C)C1(CN)CC(C(C)C)C1. The van der Waals surface area contributed by atoms with Crippen LogP contribution in [0.4, 0.5) is 0 Å². The van der Waals surface area contributed by atoms with Crippen molar-refractivity contribution in [1.29, 1.82) is 0 Å². The zero-order valence-electron chi connectivity index (χ0n) is 11.9. The zero-order chi connectivity index (χ0) is 13.3. The predicted octanol–water partition coefficient (Wildman–Crippen LogP) is 2.65. The van der Waals surface area contributed by atoms with Crippen LogP contribution >= 0.6 is 11.3 Å².